The lowest BCUT2D eigenvalue weighted by atomic mass is 10.1. The fraction of sp³-hybridized carbons (Fsp3) is 0.150. The Kier molecular flexibility index (Phi) is 5.22. The number of hydrogen-bond acceptors (Lipinski definition) is 7. The van der Waals surface area contributed by atoms with E-state index in [0.717, 1.165) is 4.68 Å². The molecule has 2 aromatic carbocycles. The fourth-order valence-electron chi connectivity index (χ4n) is 3.23. The van der Waals surface area contributed by atoms with E-state index in [4.69, 9.17) is 0 Å². The maximum atomic E-state index is 12.6. The molecule has 1 atom stereocenters. The zero-order valence-corrected chi connectivity index (χ0v) is 17.8. The van der Waals surface area contributed by atoms with Gasteiger partial charge in [0.2, 0.25) is 0 Å². The van der Waals surface area contributed by atoms with Crippen LogP contribution >= 0.6 is 0 Å². The molecule has 32 heavy (non-hydrogen) atoms. The van der Waals surface area contributed by atoms with E-state index in [9.17, 15) is 22.8 Å². The van der Waals surface area contributed by atoms with Crippen LogP contribution in [0.1, 0.15) is 23.0 Å². The van der Waals surface area contributed by atoms with E-state index in [2.05, 4.69) is 25.7 Å². The number of aryl methyl sites for hydroxylation is 1. The first-order valence-electron chi connectivity index (χ1n) is 9.45. The number of fused-ring (bicyclic) bond motifs is 2. The van der Waals surface area contributed by atoms with Gasteiger partial charge in [-0.1, -0.05) is 30.3 Å². The van der Waals surface area contributed by atoms with Crippen LogP contribution in [0.3, 0.4) is 0 Å². The average Bonchev–Trinajstić information content (AvgIpc) is 3.04. The Balaban J connectivity index is 1.51. The molecule has 3 N–H and O–H groups in total. The first kappa shape index (κ1) is 21.2. The zero-order chi connectivity index (χ0) is 23.0. The Morgan fingerprint density at radius 3 is 2.47 bits per heavy atom. The van der Waals surface area contributed by atoms with E-state index in [-0.39, 0.29) is 22.0 Å². The highest BCUT2D eigenvalue weighted by atomic mass is 32.2. The lowest BCUT2D eigenvalue weighted by molar-refractivity contribution is -0.122. The van der Waals surface area contributed by atoms with Gasteiger partial charge in [0.1, 0.15) is 11.9 Å². The highest BCUT2D eigenvalue weighted by Gasteiger charge is 2.31. The normalized spacial score (nSPS) is 16.2. The summed E-state index contributed by atoms with van der Waals surface area (Å²) in [4.78, 5) is 41.5. The summed E-state index contributed by atoms with van der Waals surface area (Å²) < 4.78 is 27.7. The average molecular weight is 454 g/mol. The summed E-state index contributed by atoms with van der Waals surface area (Å²) in [6.07, 6.45) is 0. The van der Waals surface area contributed by atoms with Gasteiger partial charge < -0.3 is 0 Å². The van der Waals surface area contributed by atoms with Gasteiger partial charge in [0.05, 0.1) is 10.3 Å². The van der Waals surface area contributed by atoms with Gasteiger partial charge in [-0.3, -0.25) is 34.9 Å². The van der Waals surface area contributed by atoms with Crippen molar-refractivity contribution in [1.82, 2.24) is 25.4 Å². The second kappa shape index (κ2) is 7.89. The van der Waals surface area contributed by atoms with Gasteiger partial charge in [-0.05, 0) is 25.1 Å². The van der Waals surface area contributed by atoms with Gasteiger partial charge in [-0.2, -0.15) is 5.10 Å². The second-order valence-electron chi connectivity index (χ2n) is 7.02. The van der Waals surface area contributed by atoms with Crippen LogP contribution in [0, 0.1) is 0 Å². The van der Waals surface area contributed by atoms with E-state index in [1.807, 2.05) is 0 Å². The van der Waals surface area contributed by atoms with Crippen molar-refractivity contribution in [1.29, 1.82) is 0 Å². The number of aliphatic imine (C=N–C) groups is 1. The summed E-state index contributed by atoms with van der Waals surface area (Å²) in [5, 5.41) is 4.64. The number of carbonyl (C=O) groups is 2. The molecule has 11 nitrogen and oxygen atoms in total. The molecule has 4 rings (SSSR count). The van der Waals surface area contributed by atoms with E-state index in [0.29, 0.717) is 16.3 Å². The summed E-state index contributed by atoms with van der Waals surface area (Å²) in [6.45, 7) is 1.45. The largest absolute Gasteiger partial charge is 0.290 e. The SMILES string of the molecule is C[C@@H](N=C1NS(=O)(=O)c2ccccc21)C(=O)NNC(=O)c1nn(C)c(=O)c2ccccc12. The molecular formula is C20H18N6O5S. The lowest BCUT2D eigenvalue weighted by Gasteiger charge is -2.12. The molecule has 1 aliphatic heterocycles. The predicted octanol–water partition coefficient (Wildman–Crippen LogP) is -0.178. The van der Waals surface area contributed by atoms with Gasteiger partial charge in [-0.25, -0.2) is 13.1 Å². The molecule has 1 aliphatic rings. The number of amides is 2. The number of hydrazine groups is 1. The zero-order valence-electron chi connectivity index (χ0n) is 17.0. The molecule has 0 aliphatic carbocycles. The van der Waals surface area contributed by atoms with Crippen molar-refractivity contribution < 1.29 is 18.0 Å². The van der Waals surface area contributed by atoms with Crippen molar-refractivity contribution in [3.8, 4) is 0 Å². The Bertz CT molecular complexity index is 1460. The van der Waals surface area contributed by atoms with Crippen molar-refractivity contribution >= 4 is 38.4 Å². The second-order valence-corrected chi connectivity index (χ2v) is 8.67. The van der Waals surface area contributed by atoms with E-state index >= 15 is 0 Å². The quantitative estimate of drug-likeness (QED) is 0.467. The number of benzene rings is 2. The number of amidine groups is 1. The third-order valence-corrected chi connectivity index (χ3v) is 6.23. The Morgan fingerprint density at radius 1 is 1.06 bits per heavy atom. The van der Waals surface area contributed by atoms with Gasteiger partial charge in [0.15, 0.2) is 5.69 Å². The van der Waals surface area contributed by atoms with Crippen molar-refractivity contribution in [3.63, 3.8) is 0 Å². The summed E-state index contributed by atoms with van der Waals surface area (Å²) >= 11 is 0. The number of carbonyl (C=O) groups excluding carboxylic acids is 2. The van der Waals surface area contributed by atoms with Crippen LogP contribution in [0.5, 0.6) is 0 Å². The number of nitrogens with zero attached hydrogens (tertiary/aromatic N) is 3. The summed E-state index contributed by atoms with van der Waals surface area (Å²) in [5.74, 6) is -1.36. The van der Waals surface area contributed by atoms with Crippen LogP contribution in [-0.2, 0) is 21.9 Å². The first-order chi connectivity index (χ1) is 15.2. The number of hydrogen-bond donors (Lipinski definition) is 3. The van der Waals surface area contributed by atoms with Crippen LogP contribution in [0.2, 0.25) is 0 Å². The van der Waals surface area contributed by atoms with Gasteiger partial charge in [-0.15, -0.1) is 0 Å². The molecule has 0 fully saturated rings. The number of rotatable bonds is 3. The van der Waals surface area contributed by atoms with E-state index in [1.165, 1.54) is 20.0 Å². The molecule has 12 heteroatoms. The molecule has 1 aromatic heterocycles. The minimum atomic E-state index is -3.73. The standard InChI is InChI=1S/C20H18N6O5S/c1-11(21-17-14-9-5-6-10-15(14)32(30,31)25-17)18(27)22-23-19(28)16-12-7-3-4-8-13(12)20(29)26(2)24-16/h3-11H,1-2H3,(H,21,25)(H,22,27)(H,23,28)/t11-/m1/s1. The molecular weight excluding hydrogens is 436 g/mol. The van der Waals surface area contributed by atoms with Crippen LogP contribution in [0.4, 0.5) is 0 Å². The molecule has 0 saturated carbocycles. The Morgan fingerprint density at radius 2 is 1.72 bits per heavy atom. The van der Waals surface area contributed by atoms with Crippen molar-refractivity contribution in [3.05, 3.63) is 70.1 Å². The number of aromatic nitrogens is 2. The molecule has 2 amide bonds. The molecule has 2 heterocycles. The smallest absolute Gasteiger partial charge is 0.271 e. The molecule has 0 unspecified atom stereocenters. The molecule has 0 bridgehead atoms. The van der Waals surface area contributed by atoms with Crippen molar-refractivity contribution in [2.24, 2.45) is 12.0 Å². The van der Waals surface area contributed by atoms with Crippen molar-refractivity contribution in [2.75, 3.05) is 0 Å². The Labute approximate surface area is 182 Å². The highest BCUT2D eigenvalue weighted by molar-refractivity contribution is 7.90. The van der Waals surface area contributed by atoms with Crippen LogP contribution in [0.15, 0.2) is 63.2 Å². The van der Waals surface area contributed by atoms with Crippen LogP contribution < -0.4 is 21.1 Å². The fourth-order valence-corrected chi connectivity index (χ4v) is 4.47. The third-order valence-electron chi connectivity index (χ3n) is 4.84. The number of sulfonamides is 1. The molecule has 3 aromatic rings. The molecule has 0 radical (unpaired) electrons. The summed E-state index contributed by atoms with van der Waals surface area (Å²) in [6, 6.07) is 11.7. The molecule has 0 saturated heterocycles. The highest BCUT2D eigenvalue weighted by Crippen LogP contribution is 2.22. The lowest BCUT2D eigenvalue weighted by Crippen LogP contribution is -2.46. The van der Waals surface area contributed by atoms with Crippen LogP contribution in [0.25, 0.3) is 10.8 Å². The predicted molar refractivity (Wildman–Crippen MR) is 115 cm³/mol. The summed E-state index contributed by atoms with van der Waals surface area (Å²) in [7, 11) is -2.32. The minimum Gasteiger partial charge on any atom is -0.271 e. The first-order valence-corrected chi connectivity index (χ1v) is 10.9. The maximum absolute atomic E-state index is 12.6. The van der Waals surface area contributed by atoms with Gasteiger partial charge in [0, 0.05) is 18.0 Å². The van der Waals surface area contributed by atoms with E-state index < -0.39 is 27.9 Å². The number of nitrogens with one attached hydrogen (secondary N) is 3. The maximum Gasteiger partial charge on any atom is 0.290 e. The van der Waals surface area contributed by atoms with Gasteiger partial charge >= 0.3 is 0 Å². The van der Waals surface area contributed by atoms with E-state index in [1.54, 1.807) is 42.5 Å². The monoisotopic (exact) mass is 454 g/mol. The molecule has 0 spiro atoms. The molecule has 164 valence electrons. The Hall–Kier alpha value is -4.06. The summed E-state index contributed by atoms with van der Waals surface area (Å²) in [5.41, 5.74) is 4.46. The van der Waals surface area contributed by atoms with Gasteiger partial charge in [0.25, 0.3) is 27.4 Å². The van der Waals surface area contributed by atoms with Crippen molar-refractivity contribution in [2.45, 2.75) is 17.9 Å². The van der Waals surface area contributed by atoms with Crippen LogP contribution in [-0.4, -0.2) is 41.9 Å². The minimum absolute atomic E-state index is 0.0419. The topological polar surface area (TPSA) is 152 Å². The third kappa shape index (κ3) is 3.71.